The highest BCUT2D eigenvalue weighted by Crippen LogP contribution is 2.34. The summed E-state index contributed by atoms with van der Waals surface area (Å²) in [5.41, 5.74) is 2.50. The van der Waals surface area contributed by atoms with Crippen LogP contribution < -0.4 is 10.9 Å². The molecule has 27 heavy (non-hydrogen) atoms. The molecule has 1 saturated heterocycles. The van der Waals surface area contributed by atoms with Gasteiger partial charge in [-0.15, -0.1) is 0 Å². The summed E-state index contributed by atoms with van der Waals surface area (Å²) in [4.78, 5) is 26.3. The van der Waals surface area contributed by atoms with Crippen LogP contribution in [0.1, 0.15) is 11.5 Å². The minimum atomic E-state index is -0.188. The number of hydrogen-bond donors (Lipinski definition) is 2. The van der Waals surface area contributed by atoms with Crippen molar-refractivity contribution in [2.75, 3.05) is 25.0 Å². The lowest BCUT2D eigenvalue weighted by molar-refractivity contribution is 0.207. The number of aromatic nitrogens is 1. The minimum absolute atomic E-state index is 0.0442. The molecule has 7 heteroatoms. The van der Waals surface area contributed by atoms with Crippen LogP contribution in [-0.4, -0.2) is 40.3 Å². The van der Waals surface area contributed by atoms with E-state index in [2.05, 4.69) is 16.8 Å². The monoisotopic (exact) mass is 383 g/mol. The Kier molecular flexibility index (Phi) is 4.72. The highest BCUT2D eigenvalue weighted by atomic mass is 32.1. The molecule has 2 atom stereocenters. The third kappa shape index (κ3) is 3.36. The molecule has 1 aliphatic heterocycles. The van der Waals surface area contributed by atoms with Crippen LogP contribution >= 0.6 is 11.3 Å². The average molecular weight is 383 g/mol. The number of nitrogens with one attached hydrogen (secondary N) is 1. The van der Waals surface area contributed by atoms with Crippen LogP contribution in [0.2, 0.25) is 0 Å². The van der Waals surface area contributed by atoms with E-state index in [9.17, 15) is 14.7 Å². The highest BCUT2D eigenvalue weighted by Gasteiger charge is 2.36. The largest absolute Gasteiger partial charge is 0.396 e. The summed E-state index contributed by atoms with van der Waals surface area (Å²) in [7, 11) is 1.72. The van der Waals surface area contributed by atoms with E-state index >= 15 is 0 Å². The number of aliphatic hydroxyl groups is 1. The van der Waals surface area contributed by atoms with Crippen LogP contribution in [0, 0.1) is 5.92 Å². The molecule has 2 amide bonds. The van der Waals surface area contributed by atoms with Gasteiger partial charge >= 0.3 is 6.03 Å². The molecule has 4 rings (SSSR count). The first-order valence-corrected chi connectivity index (χ1v) is 9.80. The molecule has 6 nitrogen and oxygen atoms in total. The number of nitrogens with zero attached hydrogens (tertiary/aromatic N) is 2. The van der Waals surface area contributed by atoms with Gasteiger partial charge < -0.3 is 19.9 Å². The molecular formula is C20H21N3O3S. The molecule has 0 bridgehead atoms. The Morgan fingerprint density at radius 1 is 1.26 bits per heavy atom. The molecule has 0 aliphatic carbocycles. The third-order valence-corrected chi connectivity index (χ3v) is 6.01. The quantitative estimate of drug-likeness (QED) is 0.730. The number of carbonyl (C=O) groups excluding carboxylic acids is 1. The zero-order valence-electron chi connectivity index (χ0n) is 15.0. The van der Waals surface area contributed by atoms with Gasteiger partial charge in [0.25, 0.3) is 5.56 Å². The van der Waals surface area contributed by atoms with Gasteiger partial charge in [-0.25, -0.2) is 4.79 Å². The van der Waals surface area contributed by atoms with Gasteiger partial charge in [0, 0.05) is 50.3 Å². The van der Waals surface area contributed by atoms with Gasteiger partial charge in [0.2, 0.25) is 0 Å². The summed E-state index contributed by atoms with van der Waals surface area (Å²) in [6, 6.07) is 10.7. The summed E-state index contributed by atoms with van der Waals surface area (Å²) in [6.07, 6.45) is 0. The number of anilines is 1. The SMILES string of the molecule is Cn1c(=O)ccc2ccc(NC(=O)N3C[C@@H](CO)[C@H](c4ccsc4)C3)cc21. The second-order valence-electron chi connectivity index (χ2n) is 6.95. The molecule has 0 unspecified atom stereocenters. The maximum atomic E-state index is 12.7. The lowest BCUT2D eigenvalue weighted by Gasteiger charge is -2.17. The zero-order valence-corrected chi connectivity index (χ0v) is 15.8. The van der Waals surface area contributed by atoms with Crippen molar-refractivity contribution in [1.82, 2.24) is 9.47 Å². The Bertz CT molecular complexity index is 1030. The number of urea groups is 1. The van der Waals surface area contributed by atoms with Crippen LogP contribution in [0.25, 0.3) is 10.9 Å². The summed E-state index contributed by atoms with van der Waals surface area (Å²) in [5, 5.41) is 17.7. The predicted molar refractivity (Wildman–Crippen MR) is 107 cm³/mol. The van der Waals surface area contributed by atoms with Crippen molar-refractivity contribution in [3.63, 3.8) is 0 Å². The third-order valence-electron chi connectivity index (χ3n) is 5.31. The van der Waals surface area contributed by atoms with Gasteiger partial charge in [-0.3, -0.25) is 4.79 Å². The summed E-state index contributed by atoms with van der Waals surface area (Å²) >= 11 is 1.63. The molecule has 1 aliphatic rings. The number of aliphatic hydroxyl groups excluding tert-OH is 1. The predicted octanol–water partition coefficient (Wildman–Crippen LogP) is 2.84. The van der Waals surface area contributed by atoms with Crippen LogP contribution in [0.15, 0.2) is 52.0 Å². The Morgan fingerprint density at radius 3 is 2.81 bits per heavy atom. The van der Waals surface area contributed by atoms with Gasteiger partial charge in [-0.2, -0.15) is 11.3 Å². The van der Waals surface area contributed by atoms with Gasteiger partial charge in [0.05, 0.1) is 5.52 Å². The van der Waals surface area contributed by atoms with Crippen molar-refractivity contribution in [3.8, 4) is 0 Å². The molecular weight excluding hydrogens is 362 g/mol. The summed E-state index contributed by atoms with van der Waals surface area (Å²) in [6.45, 7) is 1.16. The van der Waals surface area contributed by atoms with Crippen LogP contribution in [0.5, 0.6) is 0 Å². The number of amides is 2. The van der Waals surface area contributed by atoms with Gasteiger partial charge in [0.15, 0.2) is 0 Å². The number of rotatable bonds is 3. The number of pyridine rings is 1. The van der Waals surface area contributed by atoms with Crippen molar-refractivity contribution < 1.29 is 9.90 Å². The fourth-order valence-corrected chi connectivity index (χ4v) is 4.46. The normalized spacial score (nSPS) is 19.6. The van der Waals surface area contributed by atoms with Crippen molar-refractivity contribution in [2.45, 2.75) is 5.92 Å². The van der Waals surface area contributed by atoms with Crippen molar-refractivity contribution in [1.29, 1.82) is 0 Å². The van der Waals surface area contributed by atoms with E-state index < -0.39 is 0 Å². The number of carbonyl (C=O) groups is 1. The van der Waals surface area contributed by atoms with Crippen LogP contribution in [0.4, 0.5) is 10.5 Å². The van der Waals surface area contributed by atoms with Crippen molar-refractivity contribution in [2.24, 2.45) is 13.0 Å². The van der Waals surface area contributed by atoms with E-state index in [-0.39, 0.29) is 30.0 Å². The Balaban J connectivity index is 1.53. The number of fused-ring (bicyclic) bond motifs is 1. The molecule has 0 spiro atoms. The lowest BCUT2D eigenvalue weighted by Crippen LogP contribution is -2.33. The van der Waals surface area contributed by atoms with Crippen LogP contribution in [-0.2, 0) is 7.05 Å². The number of hydrogen-bond acceptors (Lipinski definition) is 4. The number of likely N-dealkylation sites (tertiary alicyclic amines) is 1. The number of thiophene rings is 1. The highest BCUT2D eigenvalue weighted by molar-refractivity contribution is 7.08. The second-order valence-corrected chi connectivity index (χ2v) is 7.73. The smallest absolute Gasteiger partial charge is 0.321 e. The van der Waals surface area contributed by atoms with E-state index in [1.165, 1.54) is 11.6 Å². The van der Waals surface area contributed by atoms with E-state index in [4.69, 9.17) is 0 Å². The van der Waals surface area contributed by atoms with E-state index in [1.807, 2.05) is 23.6 Å². The van der Waals surface area contributed by atoms with Crippen molar-refractivity contribution >= 4 is 34.0 Å². The number of aryl methyl sites for hydroxylation is 1. The first-order valence-electron chi connectivity index (χ1n) is 8.85. The van der Waals surface area contributed by atoms with Gasteiger partial charge in [-0.1, -0.05) is 6.07 Å². The molecule has 2 aromatic heterocycles. The van der Waals surface area contributed by atoms with Gasteiger partial charge in [-0.05, 0) is 46.0 Å². The molecule has 3 aromatic rings. The maximum absolute atomic E-state index is 12.7. The Labute approximate surface area is 160 Å². The second kappa shape index (κ2) is 7.17. The first kappa shape index (κ1) is 17.8. The zero-order chi connectivity index (χ0) is 19.0. The van der Waals surface area contributed by atoms with E-state index in [0.717, 1.165) is 10.9 Å². The molecule has 2 N–H and O–H groups in total. The molecule has 1 aromatic carbocycles. The Hall–Kier alpha value is -2.64. The molecule has 3 heterocycles. The summed E-state index contributed by atoms with van der Waals surface area (Å²) in [5.74, 6) is 0.201. The molecule has 0 saturated carbocycles. The lowest BCUT2D eigenvalue weighted by atomic mass is 9.92. The van der Waals surface area contributed by atoms with Gasteiger partial charge in [0.1, 0.15) is 0 Å². The fourth-order valence-electron chi connectivity index (χ4n) is 3.73. The molecule has 1 fully saturated rings. The molecule has 140 valence electrons. The Morgan fingerprint density at radius 2 is 2.07 bits per heavy atom. The minimum Gasteiger partial charge on any atom is -0.396 e. The van der Waals surface area contributed by atoms with E-state index in [0.29, 0.717) is 18.8 Å². The standard InChI is InChI=1S/C20H21N3O3S/c1-22-18-8-16(4-2-13(18)3-5-19(22)25)21-20(26)23-9-15(11-24)17(10-23)14-6-7-27-12-14/h2-8,12,15,17,24H,9-11H2,1H3,(H,21,26)/t15-,17-/m0/s1. The summed E-state index contributed by atoms with van der Waals surface area (Å²) < 4.78 is 1.56. The maximum Gasteiger partial charge on any atom is 0.321 e. The topological polar surface area (TPSA) is 74.6 Å². The molecule has 0 radical (unpaired) electrons. The van der Waals surface area contributed by atoms with Crippen molar-refractivity contribution in [3.05, 3.63) is 63.1 Å². The fraction of sp³-hybridized carbons (Fsp3) is 0.300. The van der Waals surface area contributed by atoms with Crippen LogP contribution in [0.3, 0.4) is 0 Å². The van der Waals surface area contributed by atoms with E-state index in [1.54, 1.807) is 33.9 Å². The first-order chi connectivity index (χ1) is 13.1. The number of benzene rings is 1. The average Bonchev–Trinajstić information content (AvgIpc) is 3.34.